The zero-order valence-electron chi connectivity index (χ0n) is 15.4. The largest absolute Gasteiger partial charge is 0.368 e. The average Bonchev–Trinajstić information content (AvgIpc) is 3.15. The zero-order chi connectivity index (χ0) is 18.5. The fraction of sp³-hybridized carbons (Fsp3) is 0.333. The van der Waals surface area contributed by atoms with Crippen LogP contribution in [0.25, 0.3) is 10.9 Å². The first-order valence-electron chi connectivity index (χ1n) is 9.53. The Labute approximate surface area is 159 Å². The number of aromatic nitrogens is 2. The summed E-state index contributed by atoms with van der Waals surface area (Å²) in [5.41, 5.74) is 2.42. The van der Waals surface area contributed by atoms with Gasteiger partial charge in [0.05, 0.1) is 0 Å². The summed E-state index contributed by atoms with van der Waals surface area (Å²) in [5.74, 6) is 0. The molecule has 140 valence electrons. The Kier molecular flexibility index (Phi) is 5.23. The number of nitrogens with zero attached hydrogens (tertiary/aromatic N) is 4. The van der Waals surface area contributed by atoms with Gasteiger partial charge in [0.15, 0.2) is 0 Å². The van der Waals surface area contributed by atoms with Gasteiger partial charge < -0.3 is 19.7 Å². The Morgan fingerprint density at radius 2 is 1.78 bits per heavy atom. The normalized spacial score (nSPS) is 14.5. The van der Waals surface area contributed by atoms with Crippen LogP contribution in [0.15, 0.2) is 61.1 Å². The molecule has 1 fully saturated rings. The Hall–Kier alpha value is -3.02. The molecule has 3 aromatic rings. The van der Waals surface area contributed by atoms with Crippen LogP contribution in [-0.4, -0.2) is 53.2 Å². The van der Waals surface area contributed by atoms with Crippen molar-refractivity contribution < 1.29 is 4.79 Å². The van der Waals surface area contributed by atoms with E-state index in [4.69, 9.17) is 0 Å². The van der Waals surface area contributed by atoms with Gasteiger partial charge in [0.1, 0.15) is 0 Å². The third-order valence-corrected chi connectivity index (χ3v) is 5.13. The van der Waals surface area contributed by atoms with Gasteiger partial charge >= 0.3 is 6.03 Å². The van der Waals surface area contributed by atoms with Crippen molar-refractivity contribution in [3.8, 4) is 0 Å². The van der Waals surface area contributed by atoms with E-state index in [-0.39, 0.29) is 6.03 Å². The molecule has 2 aromatic heterocycles. The van der Waals surface area contributed by atoms with E-state index in [9.17, 15) is 4.79 Å². The van der Waals surface area contributed by atoms with E-state index in [1.165, 1.54) is 16.6 Å². The molecule has 2 amide bonds. The maximum absolute atomic E-state index is 12.4. The predicted octanol–water partition coefficient (Wildman–Crippen LogP) is 2.96. The number of piperazine rings is 1. The number of rotatable bonds is 5. The third kappa shape index (κ3) is 4.05. The van der Waals surface area contributed by atoms with Crippen LogP contribution in [0.2, 0.25) is 0 Å². The number of carbonyl (C=O) groups is 1. The monoisotopic (exact) mass is 363 g/mol. The van der Waals surface area contributed by atoms with E-state index in [2.05, 4.69) is 56.3 Å². The second-order valence-corrected chi connectivity index (χ2v) is 6.83. The number of para-hydroxylation sites is 1. The smallest absolute Gasteiger partial charge is 0.317 e. The number of anilines is 1. The molecule has 1 aliphatic heterocycles. The Balaban J connectivity index is 1.20. The van der Waals surface area contributed by atoms with Crippen LogP contribution in [0.4, 0.5) is 10.5 Å². The number of aryl methyl sites for hydroxylation is 1. The maximum atomic E-state index is 12.4. The van der Waals surface area contributed by atoms with Crippen LogP contribution in [-0.2, 0) is 6.54 Å². The van der Waals surface area contributed by atoms with Gasteiger partial charge in [0.2, 0.25) is 0 Å². The van der Waals surface area contributed by atoms with Crippen molar-refractivity contribution in [2.45, 2.75) is 13.0 Å². The summed E-state index contributed by atoms with van der Waals surface area (Å²) in [7, 11) is 0. The molecule has 1 N–H and O–H groups in total. The number of hydrogen-bond donors (Lipinski definition) is 1. The molecular formula is C21H25N5O. The number of carbonyl (C=O) groups excluding carboxylic acids is 1. The lowest BCUT2D eigenvalue weighted by molar-refractivity contribution is 0.194. The molecule has 1 aliphatic rings. The molecule has 0 unspecified atom stereocenters. The van der Waals surface area contributed by atoms with E-state index in [0.717, 1.165) is 39.1 Å². The second-order valence-electron chi connectivity index (χ2n) is 6.83. The van der Waals surface area contributed by atoms with Gasteiger partial charge in [0, 0.05) is 69.1 Å². The van der Waals surface area contributed by atoms with Gasteiger partial charge in [-0.2, -0.15) is 0 Å². The molecule has 3 heterocycles. The number of fused-ring (bicyclic) bond motifs is 1. The third-order valence-electron chi connectivity index (χ3n) is 5.13. The lowest BCUT2D eigenvalue weighted by Crippen LogP contribution is -2.52. The lowest BCUT2D eigenvalue weighted by Gasteiger charge is -2.36. The quantitative estimate of drug-likeness (QED) is 0.709. The van der Waals surface area contributed by atoms with Crippen molar-refractivity contribution in [3.05, 3.63) is 61.1 Å². The van der Waals surface area contributed by atoms with Crippen molar-refractivity contribution in [3.63, 3.8) is 0 Å². The number of nitrogens with one attached hydrogen (secondary N) is 1. The van der Waals surface area contributed by atoms with Gasteiger partial charge in [-0.15, -0.1) is 0 Å². The molecule has 0 saturated carbocycles. The highest BCUT2D eigenvalue weighted by molar-refractivity contribution is 5.79. The first-order valence-corrected chi connectivity index (χ1v) is 9.53. The molecule has 0 spiro atoms. The summed E-state index contributed by atoms with van der Waals surface area (Å²) in [6.45, 7) is 4.80. The summed E-state index contributed by atoms with van der Waals surface area (Å²) in [5, 5.41) is 4.32. The van der Waals surface area contributed by atoms with Crippen LogP contribution in [0.1, 0.15) is 6.42 Å². The molecule has 1 aromatic carbocycles. The van der Waals surface area contributed by atoms with Crippen LogP contribution in [0.3, 0.4) is 0 Å². The van der Waals surface area contributed by atoms with Gasteiger partial charge in [0.25, 0.3) is 0 Å². The number of urea groups is 1. The highest BCUT2D eigenvalue weighted by Gasteiger charge is 2.20. The summed E-state index contributed by atoms with van der Waals surface area (Å²) in [6.07, 6.45) is 6.65. The van der Waals surface area contributed by atoms with Crippen molar-refractivity contribution in [1.82, 2.24) is 19.8 Å². The van der Waals surface area contributed by atoms with E-state index in [0.29, 0.717) is 6.54 Å². The van der Waals surface area contributed by atoms with Gasteiger partial charge in [-0.1, -0.05) is 18.2 Å². The fourth-order valence-electron chi connectivity index (χ4n) is 3.61. The number of hydrogen-bond acceptors (Lipinski definition) is 3. The first kappa shape index (κ1) is 17.4. The Bertz CT molecular complexity index is 884. The van der Waals surface area contributed by atoms with Gasteiger partial charge in [-0.05, 0) is 36.1 Å². The molecule has 6 heteroatoms. The molecule has 0 radical (unpaired) electrons. The van der Waals surface area contributed by atoms with Crippen molar-refractivity contribution in [2.24, 2.45) is 0 Å². The minimum Gasteiger partial charge on any atom is -0.368 e. The van der Waals surface area contributed by atoms with E-state index >= 15 is 0 Å². The molecule has 0 bridgehead atoms. The summed E-state index contributed by atoms with van der Waals surface area (Å²) < 4.78 is 2.25. The fourth-order valence-corrected chi connectivity index (χ4v) is 3.61. The lowest BCUT2D eigenvalue weighted by atomic mass is 10.2. The summed E-state index contributed by atoms with van der Waals surface area (Å²) >= 11 is 0. The molecule has 0 atom stereocenters. The van der Waals surface area contributed by atoms with Crippen LogP contribution in [0.5, 0.6) is 0 Å². The standard InChI is InChI=1S/C21H25N5O/c27-21(26-16-14-24(15-17-26)19-6-10-22-11-7-19)23-9-3-12-25-13-8-18-4-1-2-5-20(18)25/h1-2,4-8,10-11,13H,3,9,12,14-17H2,(H,23,27). The second kappa shape index (κ2) is 8.12. The molecule has 6 nitrogen and oxygen atoms in total. The zero-order valence-corrected chi connectivity index (χ0v) is 15.4. The number of pyridine rings is 1. The minimum atomic E-state index is 0.0433. The average molecular weight is 363 g/mol. The minimum absolute atomic E-state index is 0.0433. The summed E-state index contributed by atoms with van der Waals surface area (Å²) in [6, 6.07) is 14.6. The van der Waals surface area contributed by atoms with Crippen molar-refractivity contribution in [2.75, 3.05) is 37.6 Å². The highest BCUT2D eigenvalue weighted by atomic mass is 16.2. The maximum Gasteiger partial charge on any atom is 0.317 e. The van der Waals surface area contributed by atoms with Crippen LogP contribution < -0.4 is 10.2 Å². The predicted molar refractivity (Wildman–Crippen MR) is 108 cm³/mol. The van der Waals surface area contributed by atoms with Crippen LogP contribution in [0, 0.1) is 0 Å². The van der Waals surface area contributed by atoms with Gasteiger partial charge in [-0.25, -0.2) is 4.79 Å². The SMILES string of the molecule is O=C(NCCCn1ccc2ccccc21)N1CCN(c2ccncc2)CC1. The molecular weight excluding hydrogens is 338 g/mol. The molecule has 27 heavy (non-hydrogen) atoms. The van der Waals surface area contributed by atoms with Crippen LogP contribution >= 0.6 is 0 Å². The van der Waals surface area contributed by atoms with Gasteiger partial charge in [-0.3, -0.25) is 4.98 Å². The molecule has 0 aliphatic carbocycles. The number of amides is 2. The Morgan fingerprint density at radius 3 is 2.59 bits per heavy atom. The molecule has 4 rings (SSSR count). The van der Waals surface area contributed by atoms with E-state index in [1.54, 1.807) is 0 Å². The molecule has 1 saturated heterocycles. The van der Waals surface area contributed by atoms with E-state index in [1.807, 2.05) is 29.4 Å². The van der Waals surface area contributed by atoms with Crippen molar-refractivity contribution in [1.29, 1.82) is 0 Å². The van der Waals surface area contributed by atoms with E-state index < -0.39 is 0 Å². The first-order chi connectivity index (χ1) is 13.3. The topological polar surface area (TPSA) is 53.4 Å². The Morgan fingerprint density at radius 1 is 1.00 bits per heavy atom. The highest BCUT2D eigenvalue weighted by Crippen LogP contribution is 2.16. The summed E-state index contributed by atoms with van der Waals surface area (Å²) in [4.78, 5) is 20.7. The van der Waals surface area contributed by atoms with Crippen molar-refractivity contribution >= 4 is 22.6 Å². The number of benzene rings is 1.